The van der Waals surface area contributed by atoms with Crippen LogP contribution >= 0.6 is 34.8 Å². The molecule has 2 aromatic carbocycles. The molecule has 3 nitrogen and oxygen atoms in total. The van der Waals surface area contributed by atoms with Crippen LogP contribution in [0.2, 0.25) is 15.1 Å². The summed E-state index contributed by atoms with van der Waals surface area (Å²) < 4.78 is 5.54. The summed E-state index contributed by atoms with van der Waals surface area (Å²) in [6, 6.07) is 11.1. The Labute approximate surface area is 168 Å². The number of carbonyl (C=O) groups excluding carboxylic acids is 1. The van der Waals surface area contributed by atoms with Gasteiger partial charge in [-0.25, -0.2) is 0 Å². The maximum atomic E-state index is 12.5. The number of anilines is 1. The van der Waals surface area contributed by atoms with Gasteiger partial charge in [-0.1, -0.05) is 66.8 Å². The number of rotatable bonds is 4. The minimum absolute atomic E-state index is 0.137. The first-order chi connectivity index (χ1) is 12.2. The zero-order chi connectivity index (χ0) is 19.1. The van der Waals surface area contributed by atoms with Crippen LogP contribution in [0.3, 0.4) is 0 Å². The Morgan fingerprint density at radius 2 is 1.77 bits per heavy atom. The minimum Gasteiger partial charge on any atom is -0.484 e. The van der Waals surface area contributed by atoms with Gasteiger partial charge in [0.05, 0.1) is 15.1 Å². The number of benzene rings is 2. The van der Waals surface area contributed by atoms with Crippen molar-refractivity contribution < 1.29 is 9.53 Å². The molecule has 0 aliphatic carbocycles. The monoisotopic (exact) mass is 409 g/mol. The second-order valence-electron chi connectivity index (χ2n) is 6.68. The molecular weight excluding hydrogens is 393 g/mol. The molecule has 0 radical (unpaired) electrons. The average Bonchev–Trinajstić information content (AvgIpc) is 2.78. The highest BCUT2D eigenvalue weighted by atomic mass is 35.5. The van der Waals surface area contributed by atoms with Crippen LogP contribution in [0.1, 0.15) is 19.4 Å². The quantitative estimate of drug-likeness (QED) is 0.464. The average molecular weight is 411 g/mol. The summed E-state index contributed by atoms with van der Waals surface area (Å²) in [5.74, 6) is 0.171. The molecule has 0 bridgehead atoms. The van der Waals surface area contributed by atoms with Crippen LogP contribution in [0.5, 0.6) is 5.75 Å². The summed E-state index contributed by atoms with van der Waals surface area (Å²) in [6.45, 7) is 4.07. The molecule has 0 N–H and O–H groups in total. The van der Waals surface area contributed by atoms with E-state index in [1.165, 1.54) is 17.7 Å². The van der Waals surface area contributed by atoms with Crippen molar-refractivity contribution in [1.29, 1.82) is 0 Å². The molecule has 0 saturated carbocycles. The molecule has 0 fully saturated rings. The van der Waals surface area contributed by atoms with Crippen LogP contribution in [0.25, 0.3) is 0 Å². The Bertz CT molecular complexity index is 906. The van der Waals surface area contributed by atoms with Gasteiger partial charge >= 0.3 is 0 Å². The maximum absolute atomic E-state index is 12.5. The number of carbonyl (C=O) groups is 1. The number of nitrogens with zero attached hydrogens (tertiary/aromatic N) is 1. The van der Waals surface area contributed by atoms with E-state index in [4.69, 9.17) is 39.5 Å². The molecule has 1 aliphatic rings. The summed E-state index contributed by atoms with van der Waals surface area (Å²) in [6.07, 6.45) is 1.63. The molecule has 136 valence electrons. The molecule has 3 rings (SSSR count). The zero-order valence-electron chi connectivity index (χ0n) is 14.6. The van der Waals surface area contributed by atoms with Crippen molar-refractivity contribution in [2.45, 2.75) is 19.3 Å². The normalized spacial score (nSPS) is 16.7. The molecular formula is C20H18Cl3NO2. The van der Waals surface area contributed by atoms with E-state index in [1.54, 1.807) is 6.08 Å². The van der Waals surface area contributed by atoms with Crippen LogP contribution in [0.4, 0.5) is 5.69 Å². The number of likely N-dealkylation sites (N-methyl/N-ethyl adjacent to an activating group) is 1. The Kier molecular flexibility index (Phi) is 5.25. The summed E-state index contributed by atoms with van der Waals surface area (Å²) >= 11 is 18.0. The van der Waals surface area contributed by atoms with Gasteiger partial charge in [-0.2, -0.15) is 0 Å². The first kappa shape index (κ1) is 19.1. The number of para-hydroxylation sites is 1. The van der Waals surface area contributed by atoms with Gasteiger partial charge in [0.2, 0.25) is 0 Å². The lowest BCUT2D eigenvalue weighted by Crippen LogP contribution is -2.25. The third-order valence-electron chi connectivity index (χ3n) is 4.58. The number of ether oxygens (including phenoxy) is 1. The Morgan fingerprint density at radius 1 is 1.12 bits per heavy atom. The van der Waals surface area contributed by atoms with Crippen molar-refractivity contribution in [3.8, 4) is 5.75 Å². The van der Waals surface area contributed by atoms with Gasteiger partial charge in [0.1, 0.15) is 5.75 Å². The number of fused-ring (bicyclic) bond motifs is 1. The van der Waals surface area contributed by atoms with E-state index in [9.17, 15) is 4.79 Å². The highest BCUT2D eigenvalue weighted by Crippen LogP contribution is 2.46. The highest BCUT2D eigenvalue weighted by molar-refractivity contribution is 6.43. The Balaban J connectivity index is 1.79. The van der Waals surface area contributed by atoms with E-state index in [1.807, 2.05) is 30.1 Å². The van der Waals surface area contributed by atoms with E-state index >= 15 is 0 Å². The van der Waals surface area contributed by atoms with Gasteiger partial charge in [0, 0.05) is 36.0 Å². The second kappa shape index (κ2) is 7.15. The van der Waals surface area contributed by atoms with Gasteiger partial charge in [0.15, 0.2) is 12.4 Å². The molecule has 0 unspecified atom stereocenters. The van der Waals surface area contributed by atoms with Crippen molar-refractivity contribution in [3.05, 3.63) is 68.8 Å². The van der Waals surface area contributed by atoms with E-state index in [0.717, 1.165) is 11.4 Å². The number of allylic oxidation sites excluding steroid dienone is 1. The number of hydrogen-bond donors (Lipinski definition) is 0. The minimum atomic E-state index is -0.262. The fourth-order valence-corrected chi connectivity index (χ4v) is 3.81. The third-order valence-corrected chi connectivity index (χ3v) is 5.60. The SMILES string of the molecule is CN1C(=CC(=O)COc2cc(Cl)c(Cl)cc2Cl)C(C)(C)c2ccccc21. The number of halogens is 3. The predicted octanol–water partition coefficient (Wildman–Crippen LogP) is 5.91. The topological polar surface area (TPSA) is 29.5 Å². The van der Waals surface area contributed by atoms with Crippen LogP contribution < -0.4 is 9.64 Å². The van der Waals surface area contributed by atoms with Gasteiger partial charge in [0.25, 0.3) is 0 Å². The second-order valence-corrected chi connectivity index (χ2v) is 7.90. The van der Waals surface area contributed by atoms with Gasteiger partial charge in [-0.3, -0.25) is 4.79 Å². The van der Waals surface area contributed by atoms with Gasteiger partial charge in [-0.15, -0.1) is 0 Å². The summed E-state index contributed by atoms with van der Waals surface area (Å²) in [7, 11) is 1.96. The smallest absolute Gasteiger partial charge is 0.194 e. The van der Waals surface area contributed by atoms with E-state index in [0.29, 0.717) is 20.8 Å². The lowest BCUT2D eigenvalue weighted by Gasteiger charge is -2.24. The standard InChI is InChI=1S/C20H18Cl3NO2/c1-20(2)13-6-4-5-7-17(13)24(3)19(20)8-12(25)11-26-18-10-15(22)14(21)9-16(18)23/h4-10H,11H2,1-3H3. The molecule has 1 heterocycles. The lowest BCUT2D eigenvalue weighted by molar-refractivity contribution is -0.116. The van der Waals surface area contributed by atoms with Crippen molar-refractivity contribution in [1.82, 2.24) is 0 Å². The number of hydrogen-bond acceptors (Lipinski definition) is 3. The maximum Gasteiger partial charge on any atom is 0.194 e. The summed E-state index contributed by atoms with van der Waals surface area (Å²) in [4.78, 5) is 14.5. The molecule has 1 aliphatic heterocycles. The molecule has 0 aromatic heterocycles. The van der Waals surface area contributed by atoms with Crippen molar-refractivity contribution in [2.24, 2.45) is 0 Å². The fourth-order valence-electron chi connectivity index (χ4n) is 3.22. The zero-order valence-corrected chi connectivity index (χ0v) is 16.9. The van der Waals surface area contributed by atoms with Crippen LogP contribution in [-0.4, -0.2) is 19.4 Å². The molecule has 0 spiro atoms. The molecule has 2 aromatic rings. The number of ketones is 1. The summed E-state index contributed by atoms with van der Waals surface area (Å²) in [5, 5.41) is 0.971. The first-order valence-corrected chi connectivity index (χ1v) is 9.21. The van der Waals surface area contributed by atoms with Crippen molar-refractivity contribution >= 4 is 46.3 Å². The lowest BCUT2D eigenvalue weighted by atomic mass is 9.83. The van der Waals surface area contributed by atoms with Crippen LogP contribution in [-0.2, 0) is 10.2 Å². The molecule has 0 amide bonds. The first-order valence-electron chi connectivity index (χ1n) is 8.07. The van der Waals surface area contributed by atoms with Crippen molar-refractivity contribution in [2.75, 3.05) is 18.6 Å². The fraction of sp³-hybridized carbons (Fsp3) is 0.250. The van der Waals surface area contributed by atoms with Crippen LogP contribution in [0.15, 0.2) is 48.2 Å². The van der Waals surface area contributed by atoms with E-state index < -0.39 is 0 Å². The van der Waals surface area contributed by atoms with E-state index in [-0.39, 0.29) is 17.8 Å². The Hall–Kier alpha value is -1.68. The largest absolute Gasteiger partial charge is 0.484 e. The molecule has 0 saturated heterocycles. The molecule has 0 atom stereocenters. The molecule has 6 heteroatoms. The highest BCUT2D eigenvalue weighted by Gasteiger charge is 2.38. The van der Waals surface area contributed by atoms with Crippen molar-refractivity contribution in [3.63, 3.8) is 0 Å². The van der Waals surface area contributed by atoms with E-state index in [2.05, 4.69) is 19.9 Å². The molecule has 26 heavy (non-hydrogen) atoms. The Morgan fingerprint density at radius 3 is 2.46 bits per heavy atom. The van der Waals surface area contributed by atoms with Gasteiger partial charge < -0.3 is 9.64 Å². The summed E-state index contributed by atoms with van der Waals surface area (Å²) in [5.41, 5.74) is 2.95. The third kappa shape index (κ3) is 3.44. The van der Waals surface area contributed by atoms with Crippen LogP contribution in [0, 0.1) is 0 Å². The predicted molar refractivity (Wildman–Crippen MR) is 108 cm³/mol. The van der Waals surface area contributed by atoms with Gasteiger partial charge in [-0.05, 0) is 17.7 Å².